The van der Waals surface area contributed by atoms with Crippen molar-refractivity contribution in [1.82, 2.24) is 14.4 Å². The highest BCUT2D eigenvalue weighted by atomic mass is 16.6. The summed E-state index contributed by atoms with van der Waals surface area (Å²) in [6.07, 6.45) is 2.85. The summed E-state index contributed by atoms with van der Waals surface area (Å²) in [4.78, 5) is 40.4. The van der Waals surface area contributed by atoms with Crippen LogP contribution in [0.3, 0.4) is 0 Å². The van der Waals surface area contributed by atoms with Gasteiger partial charge in [0.15, 0.2) is 0 Å². The Hall–Kier alpha value is -2.83. The van der Waals surface area contributed by atoms with Gasteiger partial charge in [-0.1, -0.05) is 18.2 Å². The van der Waals surface area contributed by atoms with Gasteiger partial charge in [0.05, 0.1) is 13.1 Å². The fourth-order valence-corrected chi connectivity index (χ4v) is 3.92. The van der Waals surface area contributed by atoms with Gasteiger partial charge in [0.1, 0.15) is 12.1 Å². The van der Waals surface area contributed by atoms with Crippen LogP contribution in [-0.4, -0.2) is 58.7 Å². The van der Waals surface area contributed by atoms with E-state index >= 15 is 0 Å². The lowest BCUT2D eigenvalue weighted by Crippen LogP contribution is -2.53. The molecule has 7 nitrogen and oxygen atoms in total. The Balaban J connectivity index is 1.53. The van der Waals surface area contributed by atoms with Gasteiger partial charge < -0.3 is 19.1 Å². The minimum absolute atomic E-state index is 0.0104. The number of hydrogen-bond acceptors (Lipinski definition) is 4. The van der Waals surface area contributed by atoms with Gasteiger partial charge >= 0.3 is 6.09 Å². The molecule has 1 atom stereocenters. The third-order valence-electron chi connectivity index (χ3n) is 5.22. The largest absolute Gasteiger partial charge is 0.439 e. The summed E-state index contributed by atoms with van der Waals surface area (Å²) in [5, 5.41) is 1.46. The predicted octanol–water partition coefficient (Wildman–Crippen LogP) is 1.44. The maximum atomic E-state index is 12.8. The van der Waals surface area contributed by atoms with E-state index < -0.39 is 5.60 Å². The number of aromatic nitrogens is 1. The predicted molar refractivity (Wildman–Crippen MR) is 95.9 cm³/mol. The highest BCUT2D eigenvalue weighted by Crippen LogP contribution is 2.31. The maximum Gasteiger partial charge on any atom is 0.410 e. The average Bonchev–Trinajstić information content (AvgIpc) is 2.90. The van der Waals surface area contributed by atoms with Crippen LogP contribution in [0.25, 0.3) is 10.8 Å². The van der Waals surface area contributed by atoms with E-state index in [4.69, 9.17) is 4.74 Å². The first-order valence-corrected chi connectivity index (χ1v) is 8.78. The Bertz CT molecular complexity index is 938. The second-order valence-electron chi connectivity index (χ2n) is 7.16. The quantitative estimate of drug-likeness (QED) is 0.817. The summed E-state index contributed by atoms with van der Waals surface area (Å²) in [5.41, 5.74) is -0.788. The molecule has 0 aliphatic carbocycles. The van der Waals surface area contributed by atoms with Crippen molar-refractivity contribution in [3.8, 4) is 0 Å². The molecule has 7 heteroatoms. The first-order chi connectivity index (χ1) is 12.5. The molecule has 2 aromatic rings. The molecular weight excluding hydrogens is 334 g/mol. The average molecular weight is 355 g/mol. The Morgan fingerprint density at radius 2 is 2.00 bits per heavy atom. The number of pyridine rings is 1. The Labute approximate surface area is 150 Å². The first kappa shape index (κ1) is 16.6. The van der Waals surface area contributed by atoms with Crippen molar-refractivity contribution in [1.29, 1.82) is 0 Å². The number of carbonyl (C=O) groups is 2. The number of nitrogens with zero attached hydrogens (tertiary/aromatic N) is 3. The normalized spacial score (nSPS) is 22.9. The molecule has 1 aromatic heterocycles. The highest BCUT2D eigenvalue weighted by Gasteiger charge is 2.47. The van der Waals surface area contributed by atoms with Crippen LogP contribution in [0.15, 0.2) is 41.3 Å². The Morgan fingerprint density at radius 1 is 1.19 bits per heavy atom. The lowest BCUT2D eigenvalue weighted by molar-refractivity contribution is -0.137. The van der Waals surface area contributed by atoms with Crippen molar-refractivity contribution in [2.24, 2.45) is 0 Å². The van der Waals surface area contributed by atoms with E-state index in [1.807, 2.05) is 24.3 Å². The Morgan fingerprint density at radius 3 is 2.77 bits per heavy atom. The Kier molecular flexibility index (Phi) is 3.94. The molecule has 136 valence electrons. The molecule has 0 radical (unpaired) electrons. The van der Waals surface area contributed by atoms with Crippen LogP contribution < -0.4 is 5.56 Å². The summed E-state index contributed by atoms with van der Waals surface area (Å²) in [6.45, 7) is 1.48. The van der Waals surface area contributed by atoms with Gasteiger partial charge in [-0.05, 0) is 30.4 Å². The van der Waals surface area contributed by atoms with Crippen molar-refractivity contribution in [3.63, 3.8) is 0 Å². The number of piperidine rings is 1. The van der Waals surface area contributed by atoms with Crippen molar-refractivity contribution >= 4 is 22.8 Å². The van der Waals surface area contributed by atoms with E-state index in [0.717, 1.165) is 18.2 Å². The van der Waals surface area contributed by atoms with Gasteiger partial charge in [-0.2, -0.15) is 0 Å². The van der Waals surface area contributed by atoms with Crippen LogP contribution in [0.5, 0.6) is 0 Å². The summed E-state index contributed by atoms with van der Waals surface area (Å²) >= 11 is 0. The minimum atomic E-state index is -0.617. The van der Waals surface area contributed by atoms with Crippen LogP contribution in [-0.2, 0) is 16.1 Å². The fraction of sp³-hybridized carbons (Fsp3) is 0.421. The van der Waals surface area contributed by atoms with Crippen LogP contribution in [0, 0.1) is 0 Å². The van der Waals surface area contributed by atoms with Gasteiger partial charge in [0, 0.05) is 25.2 Å². The summed E-state index contributed by atoms with van der Waals surface area (Å²) < 4.78 is 6.98. The van der Waals surface area contributed by atoms with Crippen LogP contribution in [0.4, 0.5) is 4.79 Å². The van der Waals surface area contributed by atoms with Crippen molar-refractivity contribution in [3.05, 3.63) is 46.9 Å². The second-order valence-corrected chi connectivity index (χ2v) is 7.16. The number of benzene rings is 1. The van der Waals surface area contributed by atoms with E-state index in [2.05, 4.69) is 0 Å². The molecule has 0 N–H and O–H groups in total. The number of ether oxygens (including phenoxy) is 1. The number of carbonyl (C=O) groups excluding carboxylic acids is 2. The molecule has 2 saturated heterocycles. The number of likely N-dealkylation sites (N-methyl/N-ethyl adjacent to an activating group) is 1. The number of rotatable bonds is 2. The van der Waals surface area contributed by atoms with Crippen LogP contribution in [0.2, 0.25) is 0 Å². The second kappa shape index (κ2) is 6.16. The topological polar surface area (TPSA) is 71.8 Å². The zero-order valence-electron chi connectivity index (χ0n) is 14.7. The third kappa shape index (κ3) is 2.83. The van der Waals surface area contributed by atoms with Gasteiger partial charge in [-0.3, -0.25) is 9.59 Å². The standard InChI is InChI=1S/C19H21N3O4/c1-20-12-19(26-18(20)25)8-4-9-22(13-19)16(23)11-21-10-7-14-5-2-3-6-15(14)17(21)24/h2-3,5-7,10H,4,8-9,11-13H2,1H3/t19-/m0/s1. The van der Waals surface area contributed by atoms with Gasteiger partial charge in [-0.25, -0.2) is 4.79 Å². The lowest BCUT2D eigenvalue weighted by atomic mass is 9.92. The van der Waals surface area contributed by atoms with Crippen molar-refractivity contribution in [2.75, 3.05) is 26.7 Å². The van der Waals surface area contributed by atoms with E-state index in [1.54, 1.807) is 29.1 Å². The SMILES string of the molecule is CN1C[C@]2(CCCN(C(=O)Cn3ccc4ccccc4c3=O)C2)OC1=O. The minimum Gasteiger partial charge on any atom is -0.439 e. The molecule has 3 heterocycles. The molecule has 0 bridgehead atoms. The summed E-state index contributed by atoms with van der Waals surface area (Å²) in [7, 11) is 1.70. The fourth-order valence-electron chi connectivity index (χ4n) is 3.92. The zero-order chi connectivity index (χ0) is 18.3. The number of amides is 2. The molecule has 1 spiro atoms. The molecule has 0 saturated carbocycles. The highest BCUT2D eigenvalue weighted by molar-refractivity contribution is 5.82. The van der Waals surface area contributed by atoms with E-state index in [0.29, 0.717) is 25.0 Å². The maximum absolute atomic E-state index is 12.8. The molecule has 4 rings (SSSR count). The van der Waals surface area contributed by atoms with Gasteiger partial charge in [0.25, 0.3) is 5.56 Å². The van der Waals surface area contributed by atoms with E-state index in [-0.39, 0.29) is 24.1 Å². The van der Waals surface area contributed by atoms with Crippen LogP contribution in [0.1, 0.15) is 12.8 Å². The molecule has 0 unspecified atom stereocenters. The zero-order valence-corrected chi connectivity index (χ0v) is 14.7. The third-order valence-corrected chi connectivity index (χ3v) is 5.22. The summed E-state index contributed by atoms with van der Waals surface area (Å²) in [6, 6.07) is 9.18. The molecule has 2 aliphatic heterocycles. The van der Waals surface area contributed by atoms with E-state index in [1.165, 1.54) is 4.57 Å². The van der Waals surface area contributed by atoms with E-state index in [9.17, 15) is 14.4 Å². The van der Waals surface area contributed by atoms with Crippen molar-refractivity contribution in [2.45, 2.75) is 25.0 Å². The molecule has 26 heavy (non-hydrogen) atoms. The molecule has 1 aromatic carbocycles. The number of likely N-dealkylation sites (tertiary alicyclic amines) is 1. The van der Waals surface area contributed by atoms with Crippen molar-refractivity contribution < 1.29 is 14.3 Å². The molecule has 2 aliphatic rings. The number of fused-ring (bicyclic) bond motifs is 1. The molecule has 2 fully saturated rings. The van der Waals surface area contributed by atoms with Crippen LogP contribution >= 0.6 is 0 Å². The lowest BCUT2D eigenvalue weighted by Gasteiger charge is -2.38. The monoisotopic (exact) mass is 355 g/mol. The molecule has 2 amide bonds. The summed E-state index contributed by atoms with van der Waals surface area (Å²) in [5.74, 6) is -0.132. The smallest absolute Gasteiger partial charge is 0.410 e. The number of hydrogen-bond donors (Lipinski definition) is 0. The molecular formula is C19H21N3O4. The van der Waals surface area contributed by atoms with Gasteiger partial charge in [-0.15, -0.1) is 0 Å². The van der Waals surface area contributed by atoms with Gasteiger partial charge in [0.2, 0.25) is 5.91 Å². The first-order valence-electron chi connectivity index (χ1n) is 8.78.